The number of thioether (sulfide) groups is 1. The van der Waals surface area contributed by atoms with Crippen molar-refractivity contribution >= 4 is 11.8 Å². The standard InChI is InChI=1S/C12H19NS/c1-9-4-5-10(2)11(8-9)12(13)6-7-14-3/h4-5,8,12H,6-7,13H2,1-3H3. The fourth-order valence-corrected chi connectivity index (χ4v) is 2.05. The normalized spacial score (nSPS) is 12.9. The van der Waals surface area contributed by atoms with E-state index in [1.54, 1.807) is 0 Å². The fourth-order valence-electron chi connectivity index (χ4n) is 1.56. The molecule has 0 radical (unpaired) electrons. The second-order valence-electron chi connectivity index (χ2n) is 3.75. The molecular weight excluding hydrogens is 190 g/mol. The van der Waals surface area contributed by atoms with Gasteiger partial charge in [-0.15, -0.1) is 0 Å². The lowest BCUT2D eigenvalue weighted by molar-refractivity contribution is 0.700. The van der Waals surface area contributed by atoms with Crippen LogP contribution in [-0.4, -0.2) is 12.0 Å². The first-order valence-corrected chi connectivity index (χ1v) is 6.36. The Morgan fingerprint density at radius 3 is 2.71 bits per heavy atom. The number of nitrogens with two attached hydrogens (primary N) is 1. The van der Waals surface area contributed by atoms with E-state index < -0.39 is 0 Å². The molecule has 2 N–H and O–H groups in total. The molecule has 78 valence electrons. The maximum absolute atomic E-state index is 6.14. The molecule has 1 nitrogen and oxygen atoms in total. The highest BCUT2D eigenvalue weighted by Gasteiger charge is 2.08. The van der Waals surface area contributed by atoms with Crippen molar-refractivity contribution in [2.75, 3.05) is 12.0 Å². The van der Waals surface area contributed by atoms with Crippen LogP contribution in [0.15, 0.2) is 18.2 Å². The summed E-state index contributed by atoms with van der Waals surface area (Å²) in [5.74, 6) is 1.13. The molecule has 0 amide bonds. The first kappa shape index (κ1) is 11.6. The van der Waals surface area contributed by atoms with Gasteiger partial charge in [0.1, 0.15) is 0 Å². The number of hydrogen-bond donors (Lipinski definition) is 1. The average molecular weight is 209 g/mol. The maximum atomic E-state index is 6.14. The van der Waals surface area contributed by atoms with Crippen LogP contribution in [-0.2, 0) is 0 Å². The molecule has 0 aliphatic heterocycles. The highest BCUT2D eigenvalue weighted by molar-refractivity contribution is 7.98. The molecule has 14 heavy (non-hydrogen) atoms. The van der Waals surface area contributed by atoms with E-state index in [2.05, 4.69) is 38.3 Å². The van der Waals surface area contributed by atoms with E-state index in [0.717, 1.165) is 12.2 Å². The molecule has 0 spiro atoms. The molecule has 0 aliphatic carbocycles. The SMILES string of the molecule is CSCCC(N)c1cc(C)ccc1C. The lowest BCUT2D eigenvalue weighted by Crippen LogP contribution is -2.12. The average Bonchev–Trinajstić information content (AvgIpc) is 2.18. The van der Waals surface area contributed by atoms with Crippen LogP contribution in [0, 0.1) is 13.8 Å². The van der Waals surface area contributed by atoms with Crippen molar-refractivity contribution < 1.29 is 0 Å². The Labute approximate surface area is 91.1 Å². The van der Waals surface area contributed by atoms with Gasteiger partial charge in [0.05, 0.1) is 0 Å². The molecule has 1 aromatic carbocycles. The van der Waals surface area contributed by atoms with Crippen LogP contribution in [0.3, 0.4) is 0 Å². The van der Waals surface area contributed by atoms with Crippen molar-refractivity contribution in [1.29, 1.82) is 0 Å². The topological polar surface area (TPSA) is 26.0 Å². The summed E-state index contributed by atoms with van der Waals surface area (Å²) in [5, 5.41) is 0. The Hall–Kier alpha value is -0.470. The second kappa shape index (κ2) is 5.42. The molecule has 1 unspecified atom stereocenters. The van der Waals surface area contributed by atoms with Gasteiger partial charge in [-0.3, -0.25) is 0 Å². The zero-order chi connectivity index (χ0) is 10.6. The third-order valence-corrected chi connectivity index (χ3v) is 3.11. The third kappa shape index (κ3) is 3.03. The van der Waals surface area contributed by atoms with Gasteiger partial charge < -0.3 is 5.73 Å². The molecule has 0 aliphatic rings. The Morgan fingerprint density at radius 1 is 1.36 bits per heavy atom. The molecule has 1 rings (SSSR count). The van der Waals surface area contributed by atoms with E-state index in [9.17, 15) is 0 Å². The van der Waals surface area contributed by atoms with Gasteiger partial charge in [0.25, 0.3) is 0 Å². The van der Waals surface area contributed by atoms with Gasteiger partial charge in [-0.25, -0.2) is 0 Å². The summed E-state index contributed by atoms with van der Waals surface area (Å²) >= 11 is 1.85. The summed E-state index contributed by atoms with van der Waals surface area (Å²) in [6.45, 7) is 4.25. The van der Waals surface area contributed by atoms with Gasteiger partial charge >= 0.3 is 0 Å². The predicted octanol–water partition coefficient (Wildman–Crippen LogP) is 3.06. The Kier molecular flexibility index (Phi) is 4.49. The minimum Gasteiger partial charge on any atom is -0.324 e. The van der Waals surface area contributed by atoms with Crippen LogP contribution >= 0.6 is 11.8 Å². The lowest BCUT2D eigenvalue weighted by atomic mass is 9.98. The molecule has 2 heteroatoms. The van der Waals surface area contributed by atoms with Crippen molar-refractivity contribution in [2.24, 2.45) is 5.73 Å². The Balaban J connectivity index is 2.77. The molecule has 0 aromatic heterocycles. The first-order chi connectivity index (χ1) is 6.65. The van der Waals surface area contributed by atoms with Gasteiger partial charge in [0, 0.05) is 6.04 Å². The number of aryl methyl sites for hydroxylation is 2. The monoisotopic (exact) mass is 209 g/mol. The van der Waals surface area contributed by atoms with Crippen molar-refractivity contribution in [3.8, 4) is 0 Å². The first-order valence-electron chi connectivity index (χ1n) is 4.97. The summed E-state index contributed by atoms with van der Waals surface area (Å²) in [4.78, 5) is 0. The molecule has 0 saturated carbocycles. The van der Waals surface area contributed by atoms with Crippen molar-refractivity contribution in [3.63, 3.8) is 0 Å². The van der Waals surface area contributed by atoms with E-state index in [-0.39, 0.29) is 6.04 Å². The summed E-state index contributed by atoms with van der Waals surface area (Å²) in [6, 6.07) is 6.70. The van der Waals surface area contributed by atoms with Gasteiger partial charge in [-0.2, -0.15) is 11.8 Å². The Bertz CT molecular complexity index is 296. The molecule has 0 bridgehead atoms. The van der Waals surface area contributed by atoms with Gasteiger partial charge in [-0.05, 0) is 43.4 Å². The van der Waals surface area contributed by atoms with Gasteiger partial charge in [-0.1, -0.05) is 23.8 Å². The third-order valence-electron chi connectivity index (χ3n) is 2.47. The van der Waals surface area contributed by atoms with E-state index in [1.165, 1.54) is 16.7 Å². The lowest BCUT2D eigenvalue weighted by Gasteiger charge is -2.14. The summed E-state index contributed by atoms with van der Waals surface area (Å²) < 4.78 is 0. The van der Waals surface area contributed by atoms with E-state index >= 15 is 0 Å². The number of benzene rings is 1. The van der Waals surface area contributed by atoms with E-state index in [4.69, 9.17) is 5.73 Å². The van der Waals surface area contributed by atoms with Gasteiger partial charge in [0.15, 0.2) is 0 Å². The number of rotatable bonds is 4. The smallest absolute Gasteiger partial charge is 0.0305 e. The molecule has 1 aromatic rings. The molecular formula is C12H19NS. The van der Waals surface area contributed by atoms with Crippen LogP contribution in [0.25, 0.3) is 0 Å². The fraction of sp³-hybridized carbons (Fsp3) is 0.500. The maximum Gasteiger partial charge on any atom is 0.0305 e. The summed E-state index contributed by atoms with van der Waals surface area (Å²) in [6.07, 6.45) is 3.18. The van der Waals surface area contributed by atoms with Crippen LogP contribution < -0.4 is 5.73 Å². The van der Waals surface area contributed by atoms with Crippen molar-refractivity contribution in [1.82, 2.24) is 0 Å². The van der Waals surface area contributed by atoms with Crippen molar-refractivity contribution in [3.05, 3.63) is 34.9 Å². The van der Waals surface area contributed by atoms with Crippen molar-refractivity contribution in [2.45, 2.75) is 26.3 Å². The predicted molar refractivity (Wildman–Crippen MR) is 65.8 cm³/mol. The minimum absolute atomic E-state index is 0.197. The summed E-state index contributed by atoms with van der Waals surface area (Å²) in [5.41, 5.74) is 10.0. The van der Waals surface area contributed by atoms with Gasteiger partial charge in [0.2, 0.25) is 0 Å². The van der Waals surface area contributed by atoms with Crippen LogP contribution in [0.1, 0.15) is 29.2 Å². The van der Waals surface area contributed by atoms with Crippen LogP contribution in [0.2, 0.25) is 0 Å². The zero-order valence-corrected chi connectivity index (χ0v) is 10.0. The summed E-state index contributed by atoms with van der Waals surface area (Å²) in [7, 11) is 0. The molecule has 0 heterocycles. The number of hydrogen-bond acceptors (Lipinski definition) is 2. The Morgan fingerprint density at radius 2 is 2.07 bits per heavy atom. The van der Waals surface area contributed by atoms with E-state index in [1.807, 2.05) is 11.8 Å². The highest BCUT2D eigenvalue weighted by atomic mass is 32.2. The molecule has 1 atom stereocenters. The minimum atomic E-state index is 0.197. The quantitative estimate of drug-likeness (QED) is 0.825. The zero-order valence-electron chi connectivity index (χ0n) is 9.21. The highest BCUT2D eigenvalue weighted by Crippen LogP contribution is 2.20. The van der Waals surface area contributed by atoms with Crippen LogP contribution in [0.5, 0.6) is 0 Å². The second-order valence-corrected chi connectivity index (χ2v) is 4.73. The largest absolute Gasteiger partial charge is 0.324 e. The van der Waals surface area contributed by atoms with Crippen LogP contribution in [0.4, 0.5) is 0 Å². The van der Waals surface area contributed by atoms with E-state index in [0.29, 0.717) is 0 Å². The molecule has 0 fully saturated rings. The molecule has 0 saturated heterocycles.